The Bertz CT molecular complexity index is 1140. The number of aryl methyl sites for hydroxylation is 1. The number of amides is 1. The van der Waals surface area contributed by atoms with Crippen LogP contribution in [0.2, 0.25) is 0 Å². The molecular weight excluding hydrogens is 420 g/mol. The van der Waals surface area contributed by atoms with Gasteiger partial charge in [0.25, 0.3) is 10.0 Å². The first-order valence-corrected chi connectivity index (χ1v) is 12.5. The Balaban J connectivity index is 1.51. The minimum absolute atomic E-state index is 0.0200. The van der Waals surface area contributed by atoms with Gasteiger partial charge in [0, 0.05) is 44.1 Å². The quantitative estimate of drug-likeness (QED) is 0.571. The number of thiophene rings is 1. The van der Waals surface area contributed by atoms with Crippen LogP contribution in [-0.4, -0.2) is 43.7 Å². The van der Waals surface area contributed by atoms with Crippen molar-refractivity contribution in [1.82, 2.24) is 9.21 Å². The summed E-state index contributed by atoms with van der Waals surface area (Å²) in [7, 11) is -1.75. The summed E-state index contributed by atoms with van der Waals surface area (Å²) in [6.45, 7) is 3.18. The summed E-state index contributed by atoms with van der Waals surface area (Å²) in [6.07, 6.45) is 2.14. The normalized spacial score (nSPS) is 18.0. The molecule has 8 heteroatoms. The fraction of sp³-hybridized carbons (Fsp3) is 0.409. The van der Waals surface area contributed by atoms with Crippen molar-refractivity contribution in [3.8, 4) is 0 Å². The van der Waals surface area contributed by atoms with Gasteiger partial charge in [-0.1, -0.05) is 31.2 Å². The van der Waals surface area contributed by atoms with Gasteiger partial charge in [0.15, 0.2) is 0 Å². The highest BCUT2D eigenvalue weighted by molar-refractivity contribution is 7.91. The van der Waals surface area contributed by atoms with Crippen LogP contribution < -0.4 is 0 Å². The van der Waals surface area contributed by atoms with Gasteiger partial charge in [-0.25, -0.2) is 8.42 Å². The van der Waals surface area contributed by atoms with Gasteiger partial charge >= 0.3 is 0 Å². The van der Waals surface area contributed by atoms with E-state index in [9.17, 15) is 13.2 Å². The van der Waals surface area contributed by atoms with E-state index in [2.05, 4.69) is 0 Å². The van der Waals surface area contributed by atoms with Crippen molar-refractivity contribution in [3.05, 3.63) is 53.1 Å². The van der Waals surface area contributed by atoms with Crippen molar-refractivity contribution in [2.75, 3.05) is 20.1 Å². The molecule has 1 unspecified atom stereocenters. The van der Waals surface area contributed by atoms with Crippen LogP contribution in [0.5, 0.6) is 0 Å². The minimum Gasteiger partial charge on any atom is -0.461 e. The van der Waals surface area contributed by atoms with E-state index in [4.69, 9.17) is 4.42 Å². The summed E-state index contributed by atoms with van der Waals surface area (Å²) in [5, 5.41) is 2.79. The van der Waals surface area contributed by atoms with Crippen molar-refractivity contribution in [1.29, 1.82) is 0 Å². The molecule has 1 fully saturated rings. The van der Waals surface area contributed by atoms with E-state index in [0.29, 0.717) is 30.1 Å². The summed E-state index contributed by atoms with van der Waals surface area (Å²) >= 11 is 1.21. The lowest BCUT2D eigenvalue weighted by atomic mass is 9.98. The lowest BCUT2D eigenvalue weighted by Crippen LogP contribution is -2.45. The number of hydrogen-bond donors (Lipinski definition) is 0. The van der Waals surface area contributed by atoms with Gasteiger partial charge in [-0.2, -0.15) is 4.31 Å². The third-order valence-corrected chi connectivity index (χ3v) is 8.94. The zero-order chi connectivity index (χ0) is 21.3. The maximum absolute atomic E-state index is 13.2. The smallest absolute Gasteiger partial charge is 0.252 e. The first-order chi connectivity index (χ1) is 14.4. The molecule has 0 aliphatic carbocycles. The fourth-order valence-electron chi connectivity index (χ4n) is 4.13. The number of furan rings is 1. The highest BCUT2D eigenvalue weighted by Gasteiger charge is 2.35. The van der Waals surface area contributed by atoms with E-state index in [1.54, 1.807) is 29.5 Å². The van der Waals surface area contributed by atoms with E-state index < -0.39 is 10.0 Å². The number of carbonyl (C=O) groups is 1. The molecule has 1 aliphatic heterocycles. The molecule has 0 radical (unpaired) electrons. The summed E-state index contributed by atoms with van der Waals surface area (Å²) in [6, 6.07) is 11.2. The molecule has 1 atom stereocenters. The topological polar surface area (TPSA) is 70.8 Å². The van der Waals surface area contributed by atoms with E-state index in [1.165, 1.54) is 15.6 Å². The molecule has 3 aromatic rings. The fourth-order valence-corrected chi connectivity index (χ4v) is 6.80. The van der Waals surface area contributed by atoms with Crippen molar-refractivity contribution in [3.63, 3.8) is 0 Å². The lowest BCUT2D eigenvalue weighted by molar-refractivity contribution is -0.135. The second-order valence-electron chi connectivity index (χ2n) is 7.68. The molecule has 30 heavy (non-hydrogen) atoms. The Hall–Kier alpha value is -2.16. The van der Waals surface area contributed by atoms with E-state index in [0.717, 1.165) is 28.7 Å². The second kappa shape index (κ2) is 8.53. The SMILES string of the molecule is CCc1oc2ccccc2c1CN(C)C(=O)C1CCCN(S(=O)(=O)c2cccs2)C1. The Morgan fingerprint density at radius 2 is 2.07 bits per heavy atom. The van der Waals surface area contributed by atoms with Gasteiger partial charge in [-0.3, -0.25) is 4.79 Å². The number of rotatable bonds is 6. The predicted octanol–water partition coefficient (Wildman–Crippen LogP) is 4.12. The van der Waals surface area contributed by atoms with Crippen LogP contribution in [0, 0.1) is 5.92 Å². The number of para-hydroxylation sites is 1. The third-order valence-electron chi connectivity index (χ3n) is 5.70. The summed E-state index contributed by atoms with van der Waals surface area (Å²) in [4.78, 5) is 14.9. The summed E-state index contributed by atoms with van der Waals surface area (Å²) < 4.78 is 33.5. The number of piperidine rings is 1. The van der Waals surface area contributed by atoms with Crippen LogP contribution in [0.15, 0.2) is 50.4 Å². The third kappa shape index (κ3) is 3.91. The Kier molecular flexibility index (Phi) is 5.99. The molecule has 6 nitrogen and oxygen atoms in total. The van der Waals surface area contributed by atoms with Crippen LogP contribution in [0.25, 0.3) is 11.0 Å². The zero-order valence-corrected chi connectivity index (χ0v) is 18.8. The van der Waals surface area contributed by atoms with Crippen molar-refractivity contribution >= 4 is 38.2 Å². The van der Waals surface area contributed by atoms with Gasteiger partial charge in [0.05, 0.1) is 5.92 Å². The molecule has 0 N–H and O–H groups in total. The van der Waals surface area contributed by atoms with Crippen LogP contribution in [-0.2, 0) is 27.8 Å². The molecule has 2 aromatic heterocycles. The molecule has 1 saturated heterocycles. The molecular formula is C22H26N2O4S2. The molecule has 0 spiro atoms. The highest BCUT2D eigenvalue weighted by Crippen LogP contribution is 2.30. The largest absolute Gasteiger partial charge is 0.461 e. The first-order valence-electron chi connectivity index (χ1n) is 10.2. The summed E-state index contributed by atoms with van der Waals surface area (Å²) in [5.41, 5.74) is 1.86. The van der Waals surface area contributed by atoms with Crippen LogP contribution >= 0.6 is 11.3 Å². The average Bonchev–Trinajstić information content (AvgIpc) is 3.42. The number of benzene rings is 1. The molecule has 1 aromatic carbocycles. The maximum atomic E-state index is 13.2. The number of sulfonamides is 1. The van der Waals surface area contributed by atoms with Gasteiger partial charge in [0.1, 0.15) is 15.6 Å². The Morgan fingerprint density at radius 1 is 1.27 bits per heavy atom. The zero-order valence-electron chi connectivity index (χ0n) is 17.2. The number of hydrogen-bond acceptors (Lipinski definition) is 5. The number of carbonyl (C=O) groups excluding carboxylic acids is 1. The van der Waals surface area contributed by atoms with E-state index in [-0.39, 0.29) is 18.4 Å². The molecule has 0 bridgehead atoms. The second-order valence-corrected chi connectivity index (χ2v) is 10.8. The number of nitrogens with zero attached hydrogens (tertiary/aromatic N) is 2. The Labute approximate surface area is 181 Å². The molecule has 160 valence electrons. The molecule has 4 rings (SSSR count). The Morgan fingerprint density at radius 3 is 2.80 bits per heavy atom. The van der Waals surface area contributed by atoms with Crippen LogP contribution in [0.4, 0.5) is 0 Å². The number of fused-ring (bicyclic) bond motifs is 1. The van der Waals surface area contributed by atoms with Gasteiger partial charge in [0.2, 0.25) is 5.91 Å². The highest BCUT2D eigenvalue weighted by atomic mass is 32.2. The minimum atomic E-state index is -3.53. The summed E-state index contributed by atoms with van der Waals surface area (Å²) in [5.74, 6) is 0.538. The van der Waals surface area contributed by atoms with Gasteiger partial charge in [-0.15, -0.1) is 11.3 Å². The monoisotopic (exact) mass is 446 g/mol. The van der Waals surface area contributed by atoms with Gasteiger partial charge < -0.3 is 9.32 Å². The maximum Gasteiger partial charge on any atom is 0.252 e. The molecule has 3 heterocycles. The van der Waals surface area contributed by atoms with Crippen molar-refractivity contribution < 1.29 is 17.6 Å². The molecule has 1 amide bonds. The predicted molar refractivity (Wildman–Crippen MR) is 118 cm³/mol. The van der Waals surface area contributed by atoms with Gasteiger partial charge in [-0.05, 0) is 30.4 Å². The molecule has 0 saturated carbocycles. The lowest BCUT2D eigenvalue weighted by Gasteiger charge is -2.33. The standard InChI is InChI=1S/C22H26N2O4S2/c1-3-19-18(17-9-4-5-10-20(17)28-19)15-23(2)22(25)16-8-6-12-24(14-16)30(26,27)21-11-7-13-29-21/h4-5,7,9-11,13,16H,3,6,8,12,14-15H2,1-2H3. The van der Waals surface area contributed by atoms with Crippen LogP contribution in [0.1, 0.15) is 31.1 Å². The van der Waals surface area contributed by atoms with E-state index >= 15 is 0 Å². The van der Waals surface area contributed by atoms with Crippen molar-refractivity contribution in [2.45, 2.75) is 36.9 Å². The molecule has 1 aliphatic rings. The van der Waals surface area contributed by atoms with E-state index in [1.807, 2.05) is 31.2 Å². The first kappa shape index (κ1) is 21.1. The average molecular weight is 447 g/mol. The van der Waals surface area contributed by atoms with Crippen molar-refractivity contribution in [2.24, 2.45) is 5.92 Å². The van der Waals surface area contributed by atoms with Crippen LogP contribution in [0.3, 0.4) is 0 Å².